The van der Waals surface area contributed by atoms with Crippen LogP contribution in [0.1, 0.15) is 0 Å². The fourth-order valence-electron chi connectivity index (χ4n) is 2.74. The highest BCUT2D eigenvalue weighted by Crippen LogP contribution is 2.23. The lowest BCUT2D eigenvalue weighted by molar-refractivity contribution is 0.616. The molecule has 0 aliphatic rings. The molecule has 2 aromatic heterocycles. The molecular formula is C21H15NO. The van der Waals surface area contributed by atoms with Crippen molar-refractivity contribution in [3.05, 3.63) is 91.3 Å². The molecule has 0 saturated carbocycles. The molecule has 0 amide bonds. The van der Waals surface area contributed by atoms with Crippen molar-refractivity contribution in [1.82, 2.24) is 4.98 Å². The number of hydrogen-bond donors (Lipinski definition) is 0. The van der Waals surface area contributed by atoms with Gasteiger partial charge in [0.05, 0.1) is 11.8 Å². The molecular weight excluding hydrogens is 282 g/mol. The smallest absolute Gasteiger partial charge is 0.133 e. The Bertz CT molecular complexity index is 993. The first-order valence-electron chi connectivity index (χ1n) is 7.56. The maximum atomic E-state index is 5.12. The number of pyridine rings is 1. The molecule has 5 aromatic rings. The molecule has 0 bridgehead atoms. The summed E-state index contributed by atoms with van der Waals surface area (Å²) in [5, 5.41) is 4.94. The SMILES string of the molecule is c1ccc2c(c1)ccc1ncccc12.c1ccc2occc2c1. The fraction of sp³-hybridized carbons (Fsp3) is 0. The van der Waals surface area contributed by atoms with Gasteiger partial charge in [0, 0.05) is 17.0 Å². The number of nitrogens with zero attached hydrogens (tertiary/aromatic N) is 1. The van der Waals surface area contributed by atoms with Gasteiger partial charge in [-0.2, -0.15) is 0 Å². The monoisotopic (exact) mass is 297 g/mol. The molecule has 0 N–H and O–H groups in total. The van der Waals surface area contributed by atoms with E-state index in [0.29, 0.717) is 0 Å². The van der Waals surface area contributed by atoms with Crippen LogP contribution < -0.4 is 0 Å². The van der Waals surface area contributed by atoms with Gasteiger partial charge in [-0.1, -0.05) is 54.6 Å². The van der Waals surface area contributed by atoms with Crippen molar-refractivity contribution in [3.63, 3.8) is 0 Å². The molecule has 0 radical (unpaired) electrons. The topological polar surface area (TPSA) is 26.0 Å². The number of hydrogen-bond acceptors (Lipinski definition) is 2. The van der Waals surface area contributed by atoms with Crippen molar-refractivity contribution < 1.29 is 4.42 Å². The van der Waals surface area contributed by atoms with Crippen molar-refractivity contribution >= 4 is 32.6 Å². The predicted molar refractivity (Wildman–Crippen MR) is 95.5 cm³/mol. The van der Waals surface area contributed by atoms with Crippen LogP contribution in [0, 0.1) is 0 Å². The van der Waals surface area contributed by atoms with E-state index < -0.39 is 0 Å². The number of rotatable bonds is 0. The Balaban J connectivity index is 0.000000130. The average Bonchev–Trinajstić information content (AvgIpc) is 3.11. The van der Waals surface area contributed by atoms with E-state index in [1.807, 2.05) is 42.6 Å². The van der Waals surface area contributed by atoms with E-state index in [1.54, 1.807) is 6.26 Å². The third-order valence-electron chi connectivity index (χ3n) is 3.87. The van der Waals surface area contributed by atoms with Gasteiger partial charge in [0.1, 0.15) is 5.58 Å². The first-order valence-corrected chi connectivity index (χ1v) is 7.56. The molecule has 2 heteroatoms. The van der Waals surface area contributed by atoms with Gasteiger partial charge >= 0.3 is 0 Å². The zero-order valence-corrected chi connectivity index (χ0v) is 12.5. The van der Waals surface area contributed by atoms with Crippen molar-refractivity contribution in [3.8, 4) is 0 Å². The Morgan fingerprint density at radius 3 is 2.30 bits per heavy atom. The molecule has 2 nitrogen and oxygen atoms in total. The molecule has 3 aromatic carbocycles. The van der Waals surface area contributed by atoms with Gasteiger partial charge in [0.25, 0.3) is 0 Å². The van der Waals surface area contributed by atoms with Crippen LogP contribution in [-0.2, 0) is 0 Å². The minimum Gasteiger partial charge on any atom is -0.464 e. The summed E-state index contributed by atoms with van der Waals surface area (Å²) in [6, 6.07) is 26.6. The molecule has 0 spiro atoms. The predicted octanol–water partition coefficient (Wildman–Crippen LogP) is 5.82. The van der Waals surface area contributed by atoms with E-state index >= 15 is 0 Å². The number of benzene rings is 3. The van der Waals surface area contributed by atoms with Gasteiger partial charge in [-0.05, 0) is 35.0 Å². The molecule has 2 heterocycles. The minimum absolute atomic E-state index is 0.956. The van der Waals surface area contributed by atoms with Crippen LogP contribution in [0.4, 0.5) is 0 Å². The summed E-state index contributed by atoms with van der Waals surface area (Å²) in [5.41, 5.74) is 2.02. The quantitative estimate of drug-likeness (QED) is 0.336. The highest BCUT2D eigenvalue weighted by Gasteiger charge is 1.98. The van der Waals surface area contributed by atoms with Gasteiger partial charge in [-0.3, -0.25) is 4.98 Å². The average molecular weight is 297 g/mol. The van der Waals surface area contributed by atoms with Crippen LogP contribution in [0.15, 0.2) is 95.7 Å². The van der Waals surface area contributed by atoms with Crippen LogP contribution >= 0.6 is 0 Å². The Kier molecular flexibility index (Phi) is 3.49. The first kappa shape index (κ1) is 13.5. The summed E-state index contributed by atoms with van der Waals surface area (Å²) in [6.07, 6.45) is 3.53. The van der Waals surface area contributed by atoms with E-state index in [4.69, 9.17) is 4.42 Å². The summed E-state index contributed by atoms with van der Waals surface area (Å²) in [4.78, 5) is 4.33. The second-order valence-electron chi connectivity index (χ2n) is 5.32. The van der Waals surface area contributed by atoms with Crippen LogP contribution in [-0.4, -0.2) is 4.98 Å². The lowest BCUT2D eigenvalue weighted by Crippen LogP contribution is -1.79. The van der Waals surface area contributed by atoms with Crippen LogP contribution in [0.25, 0.3) is 32.6 Å². The van der Waals surface area contributed by atoms with Crippen molar-refractivity contribution in [1.29, 1.82) is 0 Å². The first-order chi connectivity index (χ1) is 11.4. The number of aromatic nitrogens is 1. The third-order valence-corrected chi connectivity index (χ3v) is 3.87. The van der Waals surface area contributed by atoms with Gasteiger partial charge in [-0.15, -0.1) is 0 Å². The second kappa shape index (κ2) is 5.93. The van der Waals surface area contributed by atoms with E-state index in [1.165, 1.54) is 16.2 Å². The minimum atomic E-state index is 0.956. The Morgan fingerprint density at radius 2 is 1.39 bits per heavy atom. The zero-order chi connectivity index (χ0) is 15.5. The Morgan fingerprint density at radius 1 is 0.609 bits per heavy atom. The van der Waals surface area contributed by atoms with Crippen LogP contribution in [0.3, 0.4) is 0 Å². The van der Waals surface area contributed by atoms with Gasteiger partial charge in [0.2, 0.25) is 0 Å². The standard InChI is InChI=1S/C13H9N.C8H6O/c1-2-5-11-10(4-1)7-8-13-12(11)6-3-9-14-13;1-2-4-8-7(3-1)5-6-9-8/h1-9H;1-6H. The Labute approximate surface area is 134 Å². The van der Waals surface area contributed by atoms with Crippen molar-refractivity contribution in [2.24, 2.45) is 0 Å². The Hall–Kier alpha value is -3.13. The lowest BCUT2D eigenvalue weighted by atomic mass is 10.1. The highest BCUT2D eigenvalue weighted by molar-refractivity contribution is 6.05. The molecule has 0 unspecified atom stereocenters. The normalized spacial score (nSPS) is 10.6. The third kappa shape index (κ3) is 2.67. The lowest BCUT2D eigenvalue weighted by Gasteiger charge is -2.01. The van der Waals surface area contributed by atoms with Gasteiger partial charge in [0.15, 0.2) is 0 Å². The summed E-state index contributed by atoms with van der Waals surface area (Å²) < 4.78 is 5.12. The molecule has 0 aliphatic heterocycles. The number of fused-ring (bicyclic) bond motifs is 4. The van der Waals surface area contributed by atoms with E-state index in [-0.39, 0.29) is 0 Å². The summed E-state index contributed by atoms with van der Waals surface area (Å²) in [6.45, 7) is 0. The van der Waals surface area contributed by atoms with Gasteiger partial charge < -0.3 is 4.42 Å². The van der Waals surface area contributed by atoms with Crippen molar-refractivity contribution in [2.45, 2.75) is 0 Å². The maximum Gasteiger partial charge on any atom is 0.133 e. The van der Waals surface area contributed by atoms with E-state index in [9.17, 15) is 0 Å². The second-order valence-corrected chi connectivity index (χ2v) is 5.32. The fourth-order valence-corrected chi connectivity index (χ4v) is 2.74. The summed E-state index contributed by atoms with van der Waals surface area (Å²) in [7, 11) is 0. The molecule has 0 aliphatic carbocycles. The summed E-state index contributed by atoms with van der Waals surface area (Å²) >= 11 is 0. The van der Waals surface area contributed by atoms with Crippen LogP contribution in [0.5, 0.6) is 0 Å². The van der Waals surface area contributed by atoms with E-state index in [2.05, 4.69) is 47.4 Å². The van der Waals surface area contributed by atoms with E-state index in [0.717, 1.165) is 16.5 Å². The molecule has 110 valence electrons. The number of para-hydroxylation sites is 1. The van der Waals surface area contributed by atoms with Gasteiger partial charge in [-0.25, -0.2) is 0 Å². The molecule has 0 saturated heterocycles. The number of furan rings is 1. The highest BCUT2D eigenvalue weighted by atomic mass is 16.3. The zero-order valence-electron chi connectivity index (χ0n) is 12.5. The summed E-state index contributed by atoms with van der Waals surface area (Å²) in [5.74, 6) is 0. The molecule has 0 fully saturated rings. The largest absolute Gasteiger partial charge is 0.464 e. The molecule has 5 rings (SSSR count). The molecule has 0 atom stereocenters. The van der Waals surface area contributed by atoms with Crippen LogP contribution in [0.2, 0.25) is 0 Å². The maximum absolute atomic E-state index is 5.12. The molecule has 23 heavy (non-hydrogen) atoms. The van der Waals surface area contributed by atoms with Crippen molar-refractivity contribution in [2.75, 3.05) is 0 Å².